The van der Waals surface area contributed by atoms with Gasteiger partial charge in [-0.2, -0.15) is 12.6 Å². The number of unbranched alkanes of at least 4 members (excludes halogenated alkanes) is 1. The molecule has 0 aromatic rings. The SMILES string of the molecule is CC(C)CC(N)C(=O)NC(CCC(=O)O)C(=O)NC(CS)C(=O)NC(CCCCN)C(=O)O. The Morgan fingerprint density at radius 2 is 1.39 bits per heavy atom. The van der Waals surface area contributed by atoms with Gasteiger partial charge in [-0.25, -0.2) is 4.79 Å². The Kier molecular flexibility index (Phi) is 15.1. The summed E-state index contributed by atoms with van der Waals surface area (Å²) in [5.41, 5.74) is 11.2. The van der Waals surface area contributed by atoms with Crippen molar-refractivity contribution in [2.24, 2.45) is 17.4 Å². The van der Waals surface area contributed by atoms with Crippen LogP contribution in [0.15, 0.2) is 0 Å². The van der Waals surface area contributed by atoms with Crippen molar-refractivity contribution in [3.63, 3.8) is 0 Å². The Balaban J connectivity index is 5.24. The average Bonchev–Trinajstić information content (AvgIpc) is 2.72. The van der Waals surface area contributed by atoms with Crippen molar-refractivity contribution >= 4 is 42.3 Å². The van der Waals surface area contributed by atoms with Crippen molar-refractivity contribution in [1.29, 1.82) is 0 Å². The molecule has 9 N–H and O–H groups in total. The normalized spacial score (nSPS) is 14.6. The molecule has 0 saturated carbocycles. The molecular formula is C20H37N5O7S. The quantitative estimate of drug-likeness (QED) is 0.0906. The highest BCUT2D eigenvalue weighted by molar-refractivity contribution is 7.80. The number of amides is 3. The summed E-state index contributed by atoms with van der Waals surface area (Å²) < 4.78 is 0. The van der Waals surface area contributed by atoms with Gasteiger partial charge in [0.05, 0.1) is 6.04 Å². The van der Waals surface area contributed by atoms with E-state index in [1.807, 2.05) is 13.8 Å². The van der Waals surface area contributed by atoms with Crippen LogP contribution < -0.4 is 27.4 Å². The van der Waals surface area contributed by atoms with Gasteiger partial charge in [0.15, 0.2) is 0 Å². The molecule has 0 aliphatic heterocycles. The predicted molar refractivity (Wildman–Crippen MR) is 124 cm³/mol. The van der Waals surface area contributed by atoms with E-state index in [4.69, 9.17) is 16.6 Å². The molecule has 4 atom stereocenters. The fourth-order valence-electron chi connectivity index (χ4n) is 2.92. The highest BCUT2D eigenvalue weighted by Gasteiger charge is 2.30. The number of hydrogen-bond acceptors (Lipinski definition) is 8. The maximum absolute atomic E-state index is 12.7. The molecule has 0 aromatic carbocycles. The zero-order valence-electron chi connectivity index (χ0n) is 19.1. The largest absolute Gasteiger partial charge is 0.481 e. The lowest BCUT2D eigenvalue weighted by molar-refractivity contribution is -0.142. The number of nitrogens with one attached hydrogen (secondary N) is 3. The molecule has 0 aromatic heterocycles. The molecule has 0 bridgehead atoms. The van der Waals surface area contributed by atoms with E-state index in [9.17, 15) is 29.1 Å². The van der Waals surface area contributed by atoms with Crippen LogP contribution >= 0.6 is 12.6 Å². The standard InChI is InChI=1S/C20H37N5O7S/c1-11(2)9-12(22)17(28)23-13(6-7-16(26)27)18(29)25-15(10-33)19(30)24-14(20(31)32)5-3-4-8-21/h11-15,33H,3-10,21-22H2,1-2H3,(H,23,28)(H,24,30)(H,25,29)(H,26,27)(H,31,32). The molecule has 0 saturated heterocycles. The third-order valence-electron chi connectivity index (χ3n) is 4.72. The number of carbonyl (C=O) groups is 5. The van der Waals surface area contributed by atoms with Gasteiger partial charge < -0.3 is 37.6 Å². The minimum absolute atomic E-state index is 0.126. The van der Waals surface area contributed by atoms with E-state index in [0.29, 0.717) is 25.8 Å². The van der Waals surface area contributed by atoms with Crippen LogP contribution in [-0.4, -0.2) is 76.3 Å². The van der Waals surface area contributed by atoms with E-state index in [1.54, 1.807) is 0 Å². The van der Waals surface area contributed by atoms with Crippen LogP contribution in [0.2, 0.25) is 0 Å². The second-order valence-corrected chi connectivity index (χ2v) is 8.52. The first-order chi connectivity index (χ1) is 15.4. The summed E-state index contributed by atoms with van der Waals surface area (Å²) in [6.07, 6.45) is 0.983. The molecule has 0 spiro atoms. The first-order valence-corrected chi connectivity index (χ1v) is 11.5. The number of carboxylic acid groups (broad SMARTS) is 2. The van der Waals surface area contributed by atoms with Crippen LogP contribution in [0.25, 0.3) is 0 Å². The number of thiol groups is 1. The summed E-state index contributed by atoms with van der Waals surface area (Å²) in [6, 6.07) is -4.51. The second kappa shape index (κ2) is 16.3. The molecule has 0 radical (unpaired) electrons. The van der Waals surface area contributed by atoms with E-state index in [0.717, 1.165) is 0 Å². The van der Waals surface area contributed by atoms with Gasteiger partial charge in [-0.05, 0) is 44.6 Å². The molecule has 4 unspecified atom stereocenters. The van der Waals surface area contributed by atoms with Gasteiger partial charge in [-0.3, -0.25) is 19.2 Å². The smallest absolute Gasteiger partial charge is 0.326 e. The van der Waals surface area contributed by atoms with Gasteiger partial charge in [0.2, 0.25) is 17.7 Å². The minimum atomic E-state index is -1.25. The highest BCUT2D eigenvalue weighted by atomic mass is 32.1. The third kappa shape index (κ3) is 13.0. The Bertz CT molecular complexity index is 677. The first-order valence-electron chi connectivity index (χ1n) is 10.8. The number of carbonyl (C=O) groups excluding carboxylic acids is 3. The predicted octanol–water partition coefficient (Wildman–Crippen LogP) is -1.18. The molecule has 0 aliphatic carbocycles. The number of aliphatic carboxylic acids is 2. The number of hydrogen-bond donors (Lipinski definition) is 8. The van der Waals surface area contributed by atoms with Crippen LogP contribution in [-0.2, 0) is 24.0 Å². The summed E-state index contributed by atoms with van der Waals surface area (Å²) in [6.45, 7) is 4.13. The van der Waals surface area contributed by atoms with Gasteiger partial charge in [0, 0.05) is 12.2 Å². The van der Waals surface area contributed by atoms with Gasteiger partial charge in [-0.1, -0.05) is 13.8 Å². The van der Waals surface area contributed by atoms with Crippen LogP contribution in [0, 0.1) is 5.92 Å². The van der Waals surface area contributed by atoms with Crippen molar-refractivity contribution in [3.05, 3.63) is 0 Å². The molecular weight excluding hydrogens is 454 g/mol. The summed E-state index contributed by atoms with van der Waals surface area (Å²) in [4.78, 5) is 60.0. The Morgan fingerprint density at radius 3 is 1.88 bits per heavy atom. The summed E-state index contributed by atoms with van der Waals surface area (Å²) in [5, 5.41) is 25.5. The molecule has 12 nitrogen and oxygen atoms in total. The molecule has 13 heteroatoms. The molecule has 0 aliphatic rings. The molecule has 190 valence electrons. The maximum atomic E-state index is 12.7. The summed E-state index contributed by atoms with van der Waals surface area (Å²) in [7, 11) is 0. The number of rotatable bonds is 17. The van der Waals surface area contributed by atoms with Crippen LogP contribution in [0.4, 0.5) is 0 Å². The Morgan fingerprint density at radius 1 is 0.848 bits per heavy atom. The van der Waals surface area contributed by atoms with E-state index in [2.05, 4.69) is 28.6 Å². The van der Waals surface area contributed by atoms with Crippen molar-refractivity contribution < 1.29 is 34.2 Å². The Hall–Kier alpha value is -2.38. The van der Waals surface area contributed by atoms with E-state index in [1.165, 1.54) is 0 Å². The summed E-state index contributed by atoms with van der Waals surface area (Å²) >= 11 is 4.04. The monoisotopic (exact) mass is 491 g/mol. The lowest BCUT2D eigenvalue weighted by atomic mass is 10.0. The highest BCUT2D eigenvalue weighted by Crippen LogP contribution is 2.06. The number of nitrogens with two attached hydrogens (primary N) is 2. The van der Waals surface area contributed by atoms with Gasteiger partial charge in [0.1, 0.15) is 18.1 Å². The van der Waals surface area contributed by atoms with Gasteiger partial charge in [-0.15, -0.1) is 0 Å². The van der Waals surface area contributed by atoms with Crippen LogP contribution in [0.1, 0.15) is 52.4 Å². The summed E-state index contributed by atoms with van der Waals surface area (Å²) in [5.74, 6) is -4.61. The van der Waals surface area contributed by atoms with Crippen molar-refractivity contribution in [2.45, 2.75) is 76.5 Å². The van der Waals surface area contributed by atoms with Crippen molar-refractivity contribution in [1.82, 2.24) is 16.0 Å². The zero-order valence-corrected chi connectivity index (χ0v) is 20.0. The van der Waals surface area contributed by atoms with Crippen LogP contribution in [0.3, 0.4) is 0 Å². The molecule has 0 fully saturated rings. The van der Waals surface area contributed by atoms with Crippen molar-refractivity contribution in [2.75, 3.05) is 12.3 Å². The first kappa shape index (κ1) is 30.6. The third-order valence-corrected chi connectivity index (χ3v) is 5.08. The minimum Gasteiger partial charge on any atom is -0.481 e. The topological polar surface area (TPSA) is 214 Å². The molecule has 0 rings (SSSR count). The molecule has 33 heavy (non-hydrogen) atoms. The van der Waals surface area contributed by atoms with E-state index >= 15 is 0 Å². The number of carboxylic acids is 2. The van der Waals surface area contributed by atoms with Gasteiger partial charge >= 0.3 is 11.9 Å². The second-order valence-electron chi connectivity index (χ2n) is 8.16. The van der Waals surface area contributed by atoms with Crippen LogP contribution in [0.5, 0.6) is 0 Å². The fraction of sp³-hybridized carbons (Fsp3) is 0.750. The lowest BCUT2D eigenvalue weighted by Gasteiger charge is -2.24. The maximum Gasteiger partial charge on any atom is 0.326 e. The Labute approximate surface area is 199 Å². The molecule has 0 heterocycles. The molecule has 3 amide bonds. The fourth-order valence-corrected chi connectivity index (χ4v) is 3.18. The van der Waals surface area contributed by atoms with Gasteiger partial charge in [0.25, 0.3) is 0 Å². The van der Waals surface area contributed by atoms with E-state index in [-0.39, 0.29) is 24.5 Å². The lowest BCUT2D eigenvalue weighted by Crippen LogP contribution is -2.57. The van der Waals surface area contributed by atoms with E-state index < -0.39 is 60.2 Å². The average molecular weight is 492 g/mol. The van der Waals surface area contributed by atoms with Crippen molar-refractivity contribution in [3.8, 4) is 0 Å². The zero-order chi connectivity index (χ0) is 25.6.